The van der Waals surface area contributed by atoms with Gasteiger partial charge in [-0.1, -0.05) is 35.3 Å². The molecule has 2 aromatic carbocycles. The predicted molar refractivity (Wildman–Crippen MR) is 159 cm³/mol. The van der Waals surface area contributed by atoms with Crippen molar-refractivity contribution in [1.82, 2.24) is 19.3 Å². The zero-order chi connectivity index (χ0) is 30.9. The number of rotatable bonds is 7. The van der Waals surface area contributed by atoms with Crippen LogP contribution in [0.5, 0.6) is 0 Å². The Morgan fingerprint density at radius 1 is 1.12 bits per heavy atom. The number of piperidine rings is 1. The molecule has 2 heterocycles. The van der Waals surface area contributed by atoms with E-state index in [4.69, 9.17) is 32.7 Å². The lowest BCUT2D eigenvalue weighted by Gasteiger charge is -2.43. The third kappa shape index (κ3) is 7.00. The number of aromatic amines is 1. The van der Waals surface area contributed by atoms with Gasteiger partial charge in [0.05, 0.1) is 27.8 Å². The standard InChI is InChI=1S/C28H32Cl2N4O7S/c1-5-40-25(36)17-8-6-9-18(14-17)28(32-24(35)22-15-19-21(31-22)11-10-20(29)23(19)30)12-7-13-34(16-28)42(38,39)33-26(37)41-27(2,3)4/h6,8-11,14-15,31H,5,7,12-13,16H2,1-4H3,(H,32,35)(H,33,37). The van der Waals surface area contributed by atoms with Gasteiger partial charge in [0.15, 0.2) is 0 Å². The van der Waals surface area contributed by atoms with Crippen LogP contribution in [0.1, 0.15) is 66.9 Å². The Labute approximate surface area is 254 Å². The fourth-order valence-electron chi connectivity index (χ4n) is 4.81. The monoisotopic (exact) mass is 638 g/mol. The Bertz CT molecular complexity index is 1630. The average molecular weight is 640 g/mol. The Morgan fingerprint density at radius 2 is 1.86 bits per heavy atom. The molecule has 4 rings (SSSR count). The first kappa shape index (κ1) is 31.6. The summed E-state index contributed by atoms with van der Waals surface area (Å²) in [6.45, 7) is 6.53. The van der Waals surface area contributed by atoms with Crippen molar-refractivity contribution in [3.63, 3.8) is 0 Å². The number of benzene rings is 2. The third-order valence-corrected chi connectivity index (χ3v) is 8.86. The van der Waals surface area contributed by atoms with Crippen molar-refractivity contribution in [2.75, 3.05) is 19.7 Å². The fourth-order valence-corrected chi connectivity index (χ4v) is 6.33. The van der Waals surface area contributed by atoms with Crippen LogP contribution in [0.15, 0.2) is 42.5 Å². The number of fused-ring (bicyclic) bond motifs is 1. The molecule has 1 saturated heterocycles. The van der Waals surface area contributed by atoms with E-state index in [0.29, 0.717) is 34.3 Å². The minimum absolute atomic E-state index is 0.0772. The molecule has 11 nitrogen and oxygen atoms in total. The number of nitrogens with one attached hydrogen (secondary N) is 3. The minimum Gasteiger partial charge on any atom is -0.462 e. The van der Waals surface area contributed by atoms with E-state index >= 15 is 0 Å². The highest BCUT2D eigenvalue weighted by atomic mass is 35.5. The third-order valence-electron chi connectivity index (χ3n) is 6.62. The normalized spacial score (nSPS) is 18.0. The molecule has 1 aliphatic heterocycles. The molecule has 3 N–H and O–H groups in total. The molecule has 226 valence electrons. The maximum absolute atomic E-state index is 13.7. The molecular weight excluding hydrogens is 607 g/mol. The van der Waals surface area contributed by atoms with Gasteiger partial charge in [0.25, 0.3) is 5.91 Å². The van der Waals surface area contributed by atoms with Crippen LogP contribution in [0.3, 0.4) is 0 Å². The first-order valence-corrected chi connectivity index (χ1v) is 15.4. The number of aromatic nitrogens is 1. The predicted octanol–water partition coefficient (Wildman–Crippen LogP) is 5.14. The highest BCUT2D eigenvalue weighted by Gasteiger charge is 2.43. The molecule has 0 aliphatic carbocycles. The number of esters is 1. The zero-order valence-electron chi connectivity index (χ0n) is 23.5. The quantitative estimate of drug-likeness (QED) is 0.303. The van der Waals surface area contributed by atoms with Crippen molar-refractivity contribution in [3.8, 4) is 0 Å². The van der Waals surface area contributed by atoms with Gasteiger partial charge in [0, 0.05) is 24.0 Å². The van der Waals surface area contributed by atoms with Gasteiger partial charge in [0.2, 0.25) is 0 Å². The summed E-state index contributed by atoms with van der Waals surface area (Å²) in [7, 11) is -4.37. The molecular formula is C28H32Cl2N4O7S. The molecule has 1 aromatic heterocycles. The van der Waals surface area contributed by atoms with Crippen molar-refractivity contribution in [1.29, 1.82) is 0 Å². The van der Waals surface area contributed by atoms with Crippen LogP contribution >= 0.6 is 23.2 Å². The Hall–Kier alpha value is -3.32. The van der Waals surface area contributed by atoms with Crippen LogP contribution in [0.2, 0.25) is 10.0 Å². The zero-order valence-corrected chi connectivity index (χ0v) is 25.9. The topological polar surface area (TPSA) is 147 Å². The van der Waals surface area contributed by atoms with Crippen molar-refractivity contribution >= 4 is 62.3 Å². The van der Waals surface area contributed by atoms with Gasteiger partial charge in [-0.2, -0.15) is 12.7 Å². The smallest absolute Gasteiger partial charge is 0.422 e. The van der Waals surface area contributed by atoms with Crippen LogP contribution in [-0.4, -0.2) is 61.0 Å². The molecule has 1 fully saturated rings. The van der Waals surface area contributed by atoms with E-state index in [0.717, 1.165) is 4.31 Å². The van der Waals surface area contributed by atoms with Crippen molar-refractivity contribution < 1.29 is 32.3 Å². The van der Waals surface area contributed by atoms with E-state index in [-0.39, 0.29) is 36.0 Å². The number of nitrogens with zero attached hydrogens (tertiary/aromatic N) is 1. The Morgan fingerprint density at radius 3 is 2.55 bits per heavy atom. The fraction of sp³-hybridized carbons (Fsp3) is 0.393. The summed E-state index contributed by atoms with van der Waals surface area (Å²) in [5, 5.41) is 4.16. The number of hydrogen-bond donors (Lipinski definition) is 3. The van der Waals surface area contributed by atoms with Crippen molar-refractivity contribution in [2.24, 2.45) is 0 Å². The highest BCUT2D eigenvalue weighted by molar-refractivity contribution is 7.87. The Balaban J connectivity index is 1.72. The summed E-state index contributed by atoms with van der Waals surface area (Å²) in [6.07, 6.45) is -0.468. The largest absolute Gasteiger partial charge is 0.462 e. The number of ether oxygens (including phenoxy) is 2. The van der Waals surface area contributed by atoms with E-state index in [9.17, 15) is 22.8 Å². The molecule has 0 spiro atoms. The summed E-state index contributed by atoms with van der Waals surface area (Å²) in [4.78, 5) is 41.6. The summed E-state index contributed by atoms with van der Waals surface area (Å²) in [6, 6.07) is 11.3. The molecule has 3 aromatic rings. The number of carbonyl (C=O) groups excluding carboxylic acids is 3. The van der Waals surface area contributed by atoms with Gasteiger partial charge in [-0.25, -0.2) is 14.3 Å². The van der Waals surface area contributed by atoms with Crippen LogP contribution < -0.4 is 10.0 Å². The van der Waals surface area contributed by atoms with Crippen LogP contribution in [0.4, 0.5) is 4.79 Å². The summed E-state index contributed by atoms with van der Waals surface area (Å²) in [5.74, 6) is -1.10. The molecule has 1 aliphatic rings. The molecule has 0 saturated carbocycles. The summed E-state index contributed by atoms with van der Waals surface area (Å²) < 4.78 is 39.9. The first-order valence-electron chi connectivity index (χ1n) is 13.2. The Kier molecular flexibility index (Phi) is 9.12. The minimum atomic E-state index is -4.37. The molecule has 0 radical (unpaired) electrons. The number of halogens is 2. The van der Waals surface area contributed by atoms with Crippen LogP contribution in [0, 0.1) is 0 Å². The maximum Gasteiger partial charge on any atom is 0.422 e. The molecule has 1 unspecified atom stereocenters. The van der Waals surface area contributed by atoms with Gasteiger partial charge in [-0.15, -0.1) is 0 Å². The lowest BCUT2D eigenvalue weighted by atomic mass is 9.82. The number of amides is 2. The molecule has 2 amide bonds. The van der Waals surface area contributed by atoms with Gasteiger partial charge in [0.1, 0.15) is 11.3 Å². The molecule has 1 atom stereocenters. The van der Waals surface area contributed by atoms with Gasteiger partial charge >= 0.3 is 22.3 Å². The van der Waals surface area contributed by atoms with Crippen molar-refractivity contribution in [3.05, 3.63) is 69.3 Å². The first-order chi connectivity index (χ1) is 19.6. The molecule has 0 bridgehead atoms. The van der Waals surface area contributed by atoms with E-state index in [2.05, 4.69) is 10.3 Å². The van der Waals surface area contributed by atoms with E-state index in [1.54, 1.807) is 70.2 Å². The SMILES string of the molecule is CCOC(=O)c1cccc(C2(NC(=O)c3cc4c(Cl)c(Cl)ccc4[nH]3)CCCN(S(=O)(=O)NC(=O)OC(C)(C)C)C2)c1. The van der Waals surface area contributed by atoms with Gasteiger partial charge in [-0.3, -0.25) is 4.79 Å². The van der Waals surface area contributed by atoms with Crippen LogP contribution in [-0.2, 0) is 25.2 Å². The van der Waals surface area contributed by atoms with E-state index < -0.39 is 39.3 Å². The number of hydrogen-bond acceptors (Lipinski definition) is 7. The average Bonchev–Trinajstić information content (AvgIpc) is 3.35. The second-order valence-corrected chi connectivity index (χ2v) is 13.3. The lowest BCUT2D eigenvalue weighted by Crippen LogP contribution is -2.59. The van der Waals surface area contributed by atoms with Crippen LogP contribution in [0.25, 0.3) is 10.9 Å². The summed E-state index contributed by atoms with van der Waals surface area (Å²) in [5.41, 5.74) is -0.736. The van der Waals surface area contributed by atoms with Gasteiger partial charge in [-0.05, 0) is 76.4 Å². The second kappa shape index (κ2) is 12.1. The molecule has 14 heteroatoms. The number of H-pyrrole nitrogens is 1. The molecule has 42 heavy (non-hydrogen) atoms. The second-order valence-electron chi connectivity index (χ2n) is 10.9. The maximum atomic E-state index is 13.7. The lowest BCUT2D eigenvalue weighted by molar-refractivity contribution is 0.0522. The van der Waals surface area contributed by atoms with E-state index in [1.807, 2.05) is 4.72 Å². The summed E-state index contributed by atoms with van der Waals surface area (Å²) >= 11 is 12.5. The highest BCUT2D eigenvalue weighted by Crippen LogP contribution is 2.35. The van der Waals surface area contributed by atoms with Crippen molar-refractivity contribution in [2.45, 2.75) is 51.7 Å². The number of carbonyl (C=O) groups is 3. The van der Waals surface area contributed by atoms with E-state index in [1.165, 1.54) is 0 Å². The van der Waals surface area contributed by atoms with Gasteiger partial charge < -0.3 is 19.8 Å².